The maximum absolute atomic E-state index is 9.10. The summed E-state index contributed by atoms with van der Waals surface area (Å²) < 4.78 is 0. The van der Waals surface area contributed by atoms with Crippen molar-refractivity contribution in [3.05, 3.63) is 0 Å². The molecular weight excluding hydrogens is 208 g/mol. The molecule has 0 atom stereocenters. The fourth-order valence-electron chi connectivity index (χ4n) is 0. The third-order valence-corrected chi connectivity index (χ3v) is 2.99. The Kier molecular flexibility index (Phi) is 5.69. The molecule has 0 amide bonds. The first-order chi connectivity index (χ1) is 6.50. The first-order valence-corrected chi connectivity index (χ1v) is 5.39. The lowest BCUT2D eigenvalue weighted by molar-refractivity contribution is -0.107. The quantitative estimate of drug-likeness (QED) is 0.578. The van der Waals surface area contributed by atoms with E-state index in [1.54, 1.807) is 55.4 Å². The molecule has 16 heavy (non-hydrogen) atoms. The zero-order valence-corrected chi connectivity index (χ0v) is 11.8. The number of rotatable bonds is 2. The molecular formula is C12H28O4. The topological polar surface area (TPSA) is 80.9 Å². The van der Waals surface area contributed by atoms with Crippen LogP contribution in [0.15, 0.2) is 0 Å². The van der Waals surface area contributed by atoms with Crippen LogP contribution in [0.3, 0.4) is 0 Å². The maximum atomic E-state index is 9.10. The largest absolute Gasteiger partial charge is 0.387 e. The maximum Gasteiger partial charge on any atom is 0.0872 e. The van der Waals surface area contributed by atoms with E-state index in [-0.39, 0.29) is 0 Å². The lowest BCUT2D eigenvalue weighted by Gasteiger charge is -2.31. The van der Waals surface area contributed by atoms with E-state index in [4.69, 9.17) is 20.4 Å². The normalized spacial score (nSPS) is 14.2. The first kappa shape index (κ1) is 18.2. The predicted octanol–water partition coefficient (Wildman–Crippen LogP) is 1.06. The van der Waals surface area contributed by atoms with Gasteiger partial charge in [-0.2, -0.15) is 0 Å². The van der Waals surface area contributed by atoms with E-state index in [1.807, 2.05) is 0 Å². The summed E-state index contributed by atoms with van der Waals surface area (Å²) in [5, 5.41) is 36.4. The van der Waals surface area contributed by atoms with Crippen molar-refractivity contribution in [2.75, 3.05) is 0 Å². The van der Waals surface area contributed by atoms with Crippen molar-refractivity contribution in [3.8, 4) is 0 Å². The Hall–Kier alpha value is -0.160. The van der Waals surface area contributed by atoms with Gasteiger partial charge in [-0.15, -0.1) is 0 Å². The molecule has 0 saturated carbocycles. The molecule has 0 heterocycles. The van der Waals surface area contributed by atoms with Crippen molar-refractivity contribution in [1.29, 1.82) is 0 Å². The van der Waals surface area contributed by atoms with Gasteiger partial charge in [0.2, 0.25) is 0 Å². The van der Waals surface area contributed by atoms with Crippen LogP contribution in [0.25, 0.3) is 0 Å². The minimum Gasteiger partial charge on any atom is -0.387 e. The molecule has 4 heteroatoms. The van der Waals surface area contributed by atoms with Gasteiger partial charge in [0.15, 0.2) is 0 Å². The molecule has 0 radical (unpaired) electrons. The average molecular weight is 236 g/mol. The van der Waals surface area contributed by atoms with E-state index in [0.29, 0.717) is 0 Å². The van der Waals surface area contributed by atoms with Gasteiger partial charge in [-0.05, 0) is 55.4 Å². The van der Waals surface area contributed by atoms with Crippen molar-refractivity contribution < 1.29 is 20.4 Å². The third-order valence-electron chi connectivity index (χ3n) is 2.99. The summed E-state index contributed by atoms with van der Waals surface area (Å²) in [6.07, 6.45) is 0. The number of aliphatic hydroxyl groups is 4. The van der Waals surface area contributed by atoms with Gasteiger partial charge in [0.25, 0.3) is 0 Å². The smallest absolute Gasteiger partial charge is 0.0872 e. The lowest BCUT2D eigenvalue weighted by Crippen LogP contribution is -2.44. The second kappa shape index (κ2) is 5.00. The van der Waals surface area contributed by atoms with Gasteiger partial charge in [-0.25, -0.2) is 0 Å². The minimum absolute atomic E-state index is 1.01. The Morgan fingerprint density at radius 2 is 0.438 bits per heavy atom. The van der Waals surface area contributed by atoms with Crippen molar-refractivity contribution in [3.63, 3.8) is 0 Å². The Balaban J connectivity index is 0. The summed E-state index contributed by atoms with van der Waals surface area (Å²) in [5.41, 5.74) is -4.03. The first-order valence-electron chi connectivity index (χ1n) is 5.39. The van der Waals surface area contributed by atoms with E-state index in [9.17, 15) is 0 Å². The summed E-state index contributed by atoms with van der Waals surface area (Å²) in [6, 6.07) is 0. The van der Waals surface area contributed by atoms with Crippen LogP contribution < -0.4 is 0 Å². The van der Waals surface area contributed by atoms with Gasteiger partial charge in [-0.3, -0.25) is 0 Å². The second-order valence-corrected chi connectivity index (χ2v) is 6.24. The summed E-state index contributed by atoms with van der Waals surface area (Å²) in [5.74, 6) is 0. The highest BCUT2D eigenvalue weighted by molar-refractivity contribution is 4.85. The molecule has 0 bridgehead atoms. The van der Waals surface area contributed by atoms with Crippen LogP contribution in [0.1, 0.15) is 55.4 Å². The fraction of sp³-hybridized carbons (Fsp3) is 1.00. The molecule has 0 aliphatic carbocycles. The molecule has 0 aliphatic rings. The lowest BCUT2D eigenvalue weighted by atomic mass is 9.90. The number of hydrogen-bond acceptors (Lipinski definition) is 4. The van der Waals surface area contributed by atoms with E-state index in [2.05, 4.69) is 0 Å². The fourth-order valence-corrected chi connectivity index (χ4v) is 0. The van der Waals surface area contributed by atoms with Gasteiger partial charge >= 0.3 is 0 Å². The summed E-state index contributed by atoms with van der Waals surface area (Å²) in [7, 11) is 0. The van der Waals surface area contributed by atoms with Gasteiger partial charge in [-0.1, -0.05) is 0 Å². The molecule has 0 rings (SSSR count). The molecule has 100 valence electrons. The van der Waals surface area contributed by atoms with Gasteiger partial charge in [0.05, 0.1) is 22.4 Å². The van der Waals surface area contributed by atoms with Crippen LogP contribution in [0.5, 0.6) is 0 Å². The van der Waals surface area contributed by atoms with E-state index >= 15 is 0 Å². The van der Waals surface area contributed by atoms with Crippen molar-refractivity contribution in [1.82, 2.24) is 0 Å². The molecule has 0 aromatic carbocycles. The Morgan fingerprint density at radius 1 is 0.375 bits per heavy atom. The molecule has 0 saturated heterocycles. The molecule has 0 aromatic heterocycles. The zero-order valence-electron chi connectivity index (χ0n) is 11.8. The third kappa shape index (κ3) is 7.17. The highest BCUT2D eigenvalue weighted by Gasteiger charge is 2.32. The van der Waals surface area contributed by atoms with E-state index in [1.165, 1.54) is 0 Å². The summed E-state index contributed by atoms with van der Waals surface area (Å²) >= 11 is 0. The molecule has 4 N–H and O–H groups in total. The van der Waals surface area contributed by atoms with Gasteiger partial charge in [0.1, 0.15) is 0 Å². The molecule has 0 aromatic rings. The second-order valence-electron chi connectivity index (χ2n) is 6.24. The van der Waals surface area contributed by atoms with Crippen molar-refractivity contribution >= 4 is 0 Å². The van der Waals surface area contributed by atoms with Gasteiger partial charge in [0, 0.05) is 0 Å². The predicted molar refractivity (Wildman–Crippen MR) is 65.2 cm³/mol. The summed E-state index contributed by atoms with van der Waals surface area (Å²) in [6.45, 7) is 12.6. The molecule has 4 nitrogen and oxygen atoms in total. The molecule has 0 unspecified atom stereocenters. The minimum atomic E-state index is -1.01. The van der Waals surface area contributed by atoms with E-state index in [0.717, 1.165) is 0 Å². The van der Waals surface area contributed by atoms with Crippen LogP contribution in [0.4, 0.5) is 0 Å². The van der Waals surface area contributed by atoms with Crippen LogP contribution in [0.2, 0.25) is 0 Å². The monoisotopic (exact) mass is 236 g/mol. The van der Waals surface area contributed by atoms with Gasteiger partial charge < -0.3 is 20.4 Å². The van der Waals surface area contributed by atoms with Crippen LogP contribution in [-0.4, -0.2) is 42.8 Å². The molecule has 0 spiro atoms. The molecule has 0 aliphatic heterocycles. The van der Waals surface area contributed by atoms with E-state index < -0.39 is 22.4 Å². The highest BCUT2D eigenvalue weighted by Crippen LogP contribution is 2.19. The highest BCUT2D eigenvalue weighted by atomic mass is 16.4. The molecule has 0 fully saturated rings. The van der Waals surface area contributed by atoms with Crippen molar-refractivity contribution in [2.24, 2.45) is 0 Å². The standard InChI is InChI=1S/2C6H14O2/c2*1-5(2,7)6(3,4)8/h2*7-8H,1-4H3. The Labute approximate surface area is 98.9 Å². The summed E-state index contributed by atoms with van der Waals surface area (Å²) in [4.78, 5) is 0. The van der Waals surface area contributed by atoms with Crippen LogP contribution >= 0.6 is 0 Å². The Bertz CT molecular complexity index is 147. The van der Waals surface area contributed by atoms with Crippen molar-refractivity contribution in [2.45, 2.75) is 77.8 Å². The van der Waals surface area contributed by atoms with Crippen LogP contribution in [0, 0.1) is 0 Å². The SMILES string of the molecule is CC(C)(O)C(C)(C)O.CC(C)(O)C(C)(C)O. The zero-order chi connectivity index (χ0) is 14.0. The van der Waals surface area contributed by atoms with Crippen LogP contribution in [-0.2, 0) is 0 Å². The number of hydrogen-bond donors (Lipinski definition) is 4. The Morgan fingerprint density at radius 3 is 0.438 bits per heavy atom. The average Bonchev–Trinajstić information content (AvgIpc) is 1.77.